The van der Waals surface area contributed by atoms with Crippen molar-refractivity contribution in [3.05, 3.63) is 11.7 Å². The lowest BCUT2D eigenvalue weighted by atomic mass is 10.00. The van der Waals surface area contributed by atoms with E-state index in [0.717, 1.165) is 24.7 Å². The first-order chi connectivity index (χ1) is 8.12. The molecule has 0 spiro atoms. The third-order valence-corrected chi connectivity index (χ3v) is 3.95. The number of aryl methyl sites for hydroxylation is 1. The van der Waals surface area contributed by atoms with Crippen molar-refractivity contribution in [2.24, 2.45) is 11.7 Å². The Labute approximate surface area is 103 Å². The molecule has 17 heavy (non-hydrogen) atoms. The third-order valence-electron chi connectivity index (χ3n) is 3.95. The Morgan fingerprint density at radius 1 is 1.41 bits per heavy atom. The molecule has 1 unspecified atom stereocenters. The van der Waals surface area contributed by atoms with Gasteiger partial charge >= 0.3 is 0 Å². The molecule has 0 bridgehead atoms. The van der Waals surface area contributed by atoms with Gasteiger partial charge in [0.1, 0.15) is 0 Å². The van der Waals surface area contributed by atoms with Gasteiger partial charge in [0.15, 0.2) is 5.82 Å². The molecule has 2 rings (SSSR count). The van der Waals surface area contributed by atoms with Crippen molar-refractivity contribution in [1.29, 1.82) is 0 Å². The van der Waals surface area contributed by atoms with Crippen molar-refractivity contribution in [1.82, 2.24) is 10.1 Å². The Kier molecular flexibility index (Phi) is 3.82. The summed E-state index contributed by atoms with van der Waals surface area (Å²) in [6, 6.07) is 0. The van der Waals surface area contributed by atoms with Gasteiger partial charge in [0, 0.05) is 6.42 Å². The van der Waals surface area contributed by atoms with Crippen molar-refractivity contribution in [2.45, 2.75) is 64.3 Å². The fourth-order valence-corrected chi connectivity index (χ4v) is 2.37. The van der Waals surface area contributed by atoms with E-state index in [1.54, 1.807) is 0 Å². The Balaban J connectivity index is 1.89. The monoisotopic (exact) mass is 237 g/mol. The van der Waals surface area contributed by atoms with E-state index in [2.05, 4.69) is 10.1 Å². The minimum atomic E-state index is -0.463. The molecule has 0 radical (unpaired) electrons. The van der Waals surface area contributed by atoms with Gasteiger partial charge in [-0.25, -0.2) is 0 Å². The van der Waals surface area contributed by atoms with Crippen molar-refractivity contribution in [3.8, 4) is 0 Å². The molecule has 1 aromatic rings. The molecular weight excluding hydrogens is 214 g/mol. The van der Waals surface area contributed by atoms with Crippen LogP contribution in [0.4, 0.5) is 0 Å². The highest BCUT2D eigenvalue weighted by Crippen LogP contribution is 2.28. The van der Waals surface area contributed by atoms with E-state index < -0.39 is 5.54 Å². The minimum Gasteiger partial charge on any atom is -0.339 e. The lowest BCUT2D eigenvalue weighted by Crippen LogP contribution is -2.33. The number of aromatic nitrogens is 2. The maximum absolute atomic E-state index is 6.08. The first-order valence-corrected chi connectivity index (χ1v) is 6.74. The summed E-state index contributed by atoms with van der Waals surface area (Å²) < 4.78 is 5.27. The standard InChI is InChI=1S/C13H23N3O/c1-3-13(2,14)12-15-11(17-16-12)9-8-10-6-4-5-7-10/h10H,3-9,14H2,1-2H3. The van der Waals surface area contributed by atoms with Crippen LogP contribution in [0.15, 0.2) is 4.52 Å². The second kappa shape index (κ2) is 5.17. The molecule has 0 aromatic carbocycles. The summed E-state index contributed by atoms with van der Waals surface area (Å²) in [5.74, 6) is 2.25. The molecule has 1 fully saturated rings. The van der Waals surface area contributed by atoms with Gasteiger partial charge in [0.2, 0.25) is 5.89 Å². The summed E-state index contributed by atoms with van der Waals surface area (Å²) in [7, 11) is 0. The lowest BCUT2D eigenvalue weighted by molar-refractivity contribution is 0.342. The van der Waals surface area contributed by atoms with E-state index in [1.807, 2.05) is 13.8 Å². The number of rotatable bonds is 5. The Bertz CT molecular complexity index is 353. The number of hydrogen-bond acceptors (Lipinski definition) is 4. The summed E-state index contributed by atoms with van der Waals surface area (Å²) in [6.45, 7) is 3.98. The van der Waals surface area contributed by atoms with Crippen molar-refractivity contribution in [3.63, 3.8) is 0 Å². The van der Waals surface area contributed by atoms with Gasteiger partial charge in [-0.15, -0.1) is 0 Å². The molecule has 1 atom stereocenters. The lowest BCUT2D eigenvalue weighted by Gasteiger charge is -2.16. The predicted molar refractivity (Wildman–Crippen MR) is 66.4 cm³/mol. The van der Waals surface area contributed by atoms with Gasteiger partial charge in [-0.05, 0) is 25.7 Å². The van der Waals surface area contributed by atoms with Crippen LogP contribution in [-0.4, -0.2) is 10.1 Å². The molecule has 1 aromatic heterocycles. The Morgan fingerprint density at radius 2 is 2.12 bits per heavy atom. The first-order valence-electron chi connectivity index (χ1n) is 6.74. The average molecular weight is 237 g/mol. The summed E-state index contributed by atoms with van der Waals surface area (Å²) in [5, 5.41) is 3.99. The summed E-state index contributed by atoms with van der Waals surface area (Å²) >= 11 is 0. The third kappa shape index (κ3) is 3.06. The van der Waals surface area contributed by atoms with E-state index in [-0.39, 0.29) is 0 Å². The maximum Gasteiger partial charge on any atom is 0.226 e. The van der Waals surface area contributed by atoms with Gasteiger partial charge in [-0.2, -0.15) is 4.98 Å². The maximum atomic E-state index is 6.08. The average Bonchev–Trinajstić information content (AvgIpc) is 2.97. The molecule has 1 aliphatic rings. The highest BCUT2D eigenvalue weighted by Gasteiger charge is 2.25. The van der Waals surface area contributed by atoms with E-state index >= 15 is 0 Å². The number of nitrogens with two attached hydrogens (primary N) is 1. The molecule has 2 N–H and O–H groups in total. The zero-order valence-electron chi connectivity index (χ0n) is 10.9. The number of nitrogens with zero attached hydrogens (tertiary/aromatic N) is 2. The first kappa shape index (κ1) is 12.6. The van der Waals surface area contributed by atoms with Crippen LogP contribution in [0.2, 0.25) is 0 Å². The summed E-state index contributed by atoms with van der Waals surface area (Å²) in [4.78, 5) is 4.41. The van der Waals surface area contributed by atoms with Gasteiger partial charge in [0.05, 0.1) is 5.54 Å². The molecular formula is C13H23N3O. The smallest absolute Gasteiger partial charge is 0.226 e. The largest absolute Gasteiger partial charge is 0.339 e. The van der Waals surface area contributed by atoms with Crippen molar-refractivity contribution >= 4 is 0 Å². The van der Waals surface area contributed by atoms with Gasteiger partial charge < -0.3 is 10.3 Å². The molecule has 1 heterocycles. The SMILES string of the molecule is CCC(C)(N)c1noc(CCC2CCCC2)n1. The second-order valence-electron chi connectivity index (χ2n) is 5.47. The minimum absolute atomic E-state index is 0.463. The van der Waals surface area contributed by atoms with Gasteiger partial charge in [0.25, 0.3) is 0 Å². The molecule has 96 valence electrons. The van der Waals surface area contributed by atoms with E-state index in [9.17, 15) is 0 Å². The fourth-order valence-electron chi connectivity index (χ4n) is 2.37. The number of hydrogen-bond donors (Lipinski definition) is 1. The molecule has 0 aliphatic heterocycles. The summed E-state index contributed by atoms with van der Waals surface area (Å²) in [6.07, 6.45) is 8.39. The van der Waals surface area contributed by atoms with E-state index in [0.29, 0.717) is 5.82 Å². The zero-order valence-corrected chi connectivity index (χ0v) is 10.9. The van der Waals surface area contributed by atoms with Gasteiger partial charge in [-0.3, -0.25) is 0 Å². The van der Waals surface area contributed by atoms with Crippen LogP contribution >= 0.6 is 0 Å². The van der Waals surface area contributed by atoms with Crippen LogP contribution in [-0.2, 0) is 12.0 Å². The molecule has 1 saturated carbocycles. The summed E-state index contributed by atoms with van der Waals surface area (Å²) in [5.41, 5.74) is 5.62. The van der Waals surface area contributed by atoms with Crippen molar-refractivity contribution in [2.75, 3.05) is 0 Å². The van der Waals surface area contributed by atoms with Crippen LogP contribution in [0.25, 0.3) is 0 Å². The highest BCUT2D eigenvalue weighted by atomic mass is 16.5. The van der Waals surface area contributed by atoms with E-state index in [4.69, 9.17) is 10.3 Å². The predicted octanol–water partition coefficient (Wildman–Crippen LogP) is 2.78. The molecule has 0 saturated heterocycles. The van der Waals surface area contributed by atoms with Crippen LogP contribution in [0.5, 0.6) is 0 Å². The normalized spacial score (nSPS) is 20.6. The molecule has 4 heteroatoms. The Morgan fingerprint density at radius 3 is 2.76 bits per heavy atom. The van der Waals surface area contributed by atoms with Crippen molar-refractivity contribution < 1.29 is 4.52 Å². The van der Waals surface area contributed by atoms with Crippen LogP contribution in [0.1, 0.15) is 64.1 Å². The van der Waals surface area contributed by atoms with Gasteiger partial charge in [-0.1, -0.05) is 37.8 Å². The van der Waals surface area contributed by atoms with Crippen LogP contribution in [0.3, 0.4) is 0 Å². The Hall–Kier alpha value is -0.900. The van der Waals surface area contributed by atoms with E-state index in [1.165, 1.54) is 32.1 Å². The van der Waals surface area contributed by atoms with Crippen LogP contribution in [0, 0.1) is 5.92 Å². The fraction of sp³-hybridized carbons (Fsp3) is 0.846. The quantitative estimate of drug-likeness (QED) is 0.855. The zero-order chi connectivity index (χ0) is 12.3. The molecule has 0 amide bonds. The second-order valence-corrected chi connectivity index (χ2v) is 5.47. The molecule has 1 aliphatic carbocycles. The topological polar surface area (TPSA) is 64.9 Å². The molecule has 4 nitrogen and oxygen atoms in total. The van der Waals surface area contributed by atoms with Crippen LogP contribution < -0.4 is 5.73 Å². The highest BCUT2D eigenvalue weighted by molar-refractivity contribution is 5.01.